The molecule has 1 aromatic rings. The maximum Gasteiger partial charge on any atom is 0.193 e. The Balaban J connectivity index is 1.79. The molecule has 0 amide bonds. The molecule has 0 bridgehead atoms. The number of hydrogen-bond acceptors (Lipinski definition) is 2. The predicted octanol–water partition coefficient (Wildman–Crippen LogP) is 1.27. The van der Waals surface area contributed by atoms with Gasteiger partial charge in [0, 0.05) is 39.9 Å². The summed E-state index contributed by atoms with van der Waals surface area (Å²) >= 11 is 0. The van der Waals surface area contributed by atoms with Crippen LogP contribution in [0.3, 0.4) is 0 Å². The number of guanidine groups is 1. The number of aromatic nitrogens is 2. The summed E-state index contributed by atoms with van der Waals surface area (Å²) in [5.41, 5.74) is 1.26. The Labute approximate surface area is 115 Å². The van der Waals surface area contributed by atoms with E-state index in [9.17, 15) is 0 Å². The highest BCUT2D eigenvalue weighted by Crippen LogP contribution is 2.15. The molecule has 2 rings (SSSR count). The van der Waals surface area contributed by atoms with E-state index in [1.807, 2.05) is 25.0 Å². The molecule has 1 atom stereocenters. The second kappa shape index (κ2) is 6.59. The zero-order valence-corrected chi connectivity index (χ0v) is 12.3. The van der Waals surface area contributed by atoms with Crippen molar-refractivity contribution in [3.05, 3.63) is 18.0 Å². The first-order chi connectivity index (χ1) is 9.19. The number of hydrogen-bond donors (Lipinski definition) is 1. The first kappa shape index (κ1) is 13.9. The fourth-order valence-electron chi connectivity index (χ4n) is 2.63. The van der Waals surface area contributed by atoms with Gasteiger partial charge in [-0.3, -0.25) is 9.67 Å². The van der Waals surface area contributed by atoms with Gasteiger partial charge in [-0.2, -0.15) is 5.10 Å². The van der Waals surface area contributed by atoms with E-state index in [4.69, 9.17) is 0 Å². The van der Waals surface area contributed by atoms with Gasteiger partial charge >= 0.3 is 0 Å². The van der Waals surface area contributed by atoms with Crippen molar-refractivity contribution in [1.82, 2.24) is 20.0 Å². The minimum absolute atomic E-state index is 0.769. The normalized spacial score (nSPS) is 20.7. The average Bonchev–Trinajstić information content (AvgIpc) is 2.80. The Morgan fingerprint density at radius 3 is 3.05 bits per heavy atom. The lowest BCUT2D eigenvalue weighted by Gasteiger charge is -2.33. The number of rotatable bonds is 3. The van der Waals surface area contributed by atoms with E-state index in [2.05, 4.69) is 33.4 Å². The quantitative estimate of drug-likeness (QED) is 0.660. The molecule has 0 saturated carbocycles. The summed E-state index contributed by atoms with van der Waals surface area (Å²) in [5.74, 6) is 1.81. The fraction of sp³-hybridized carbons (Fsp3) is 0.714. The monoisotopic (exact) mass is 263 g/mol. The van der Waals surface area contributed by atoms with Gasteiger partial charge in [0.15, 0.2) is 5.96 Å². The smallest absolute Gasteiger partial charge is 0.193 e. The molecule has 5 nitrogen and oxygen atoms in total. The molecular weight excluding hydrogens is 238 g/mol. The van der Waals surface area contributed by atoms with Crippen LogP contribution >= 0.6 is 0 Å². The minimum Gasteiger partial charge on any atom is -0.356 e. The molecule has 1 unspecified atom stereocenters. The Kier molecular flexibility index (Phi) is 4.82. The van der Waals surface area contributed by atoms with Gasteiger partial charge in [-0.15, -0.1) is 0 Å². The van der Waals surface area contributed by atoms with Gasteiger partial charge in [0.1, 0.15) is 0 Å². The third kappa shape index (κ3) is 3.98. The Morgan fingerprint density at radius 1 is 1.58 bits per heavy atom. The molecule has 1 aliphatic heterocycles. The van der Waals surface area contributed by atoms with E-state index in [1.165, 1.54) is 18.4 Å². The SMILES string of the molecule is CN=C(NCCc1cnn(C)c1)N1CCCC(C)C1. The lowest BCUT2D eigenvalue weighted by atomic mass is 10.0. The molecule has 1 N–H and O–H groups in total. The summed E-state index contributed by atoms with van der Waals surface area (Å²) < 4.78 is 1.84. The first-order valence-electron chi connectivity index (χ1n) is 7.12. The molecule has 5 heteroatoms. The topological polar surface area (TPSA) is 45.5 Å². The molecule has 1 fully saturated rings. The van der Waals surface area contributed by atoms with Crippen molar-refractivity contribution in [2.75, 3.05) is 26.7 Å². The van der Waals surface area contributed by atoms with Gasteiger partial charge in [-0.05, 0) is 30.7 Å². The van der Waals surface area contributed by atoms with E-state index >= 15 is 0 Å². The van der Waals surface area contributed by atoms with Crippen LogP contribution in [0, 0.1) is 5.92 Å². The molecule has 1 saturated heterocycles. The van der Waals surface area contributed by atoms with E-state index in [0.717, 1.165) is 37.9 Å². The highest BCUT2D eigenvalue weighted by atomic mass is 15.3. The van der Waals surface area contributed by atoms with Crippen molar-refractivity contribution >= 4 is 5.96 Å². The number of piperidine rings is 1. The summed E-state index contributed by atoms with van der Waals surface area (Å²) in [5, 5.41) is 7.64. The number of nitrogens with one attached hydrogen (secondary N) is 1. The van der Waals surface area contributed by atoms with E-state index in [1.54, 1.807) is 0 Å². The van der Waals surface area contributed by atoms with Crippen LogP contribution < -0.4 is 5.32 Å². The second-order valence-corrected chi connectivity index (χ2v) is 5.44. The zero-order chi connectivity index (χ0) is 13.7. The van der Waals surface area contributed by atoms with Gasteiger partial charge in [0.05, 0.1) is 6.20 Å². The van der Waals surface area contributed by atoms with Crippen LogP contribution in [0.15, 0.2) is 17.4 Å². The predicted molar refractivity (Wildman–Crippen MR) is 78.2 cm³/mol. The molecule has 0 aromatic carbocycles. The lowest BCUT2D eigenvalue weighted by Crippen LogP contribution is -2.46. The summed E-state index contributed by atoms with van der Waals surface area (Å²) in [7, 11) is 3.82. The summed E-state index contributed by atoms with van der Waals surface area (Å²) in [6.07, 6.45) is 7.57. The fourth-order valence-corrected chi connectivity index (χ4v) is 2.63. The molecule has 1 aliphatic rings. The van der Waals surface area contributed by atoms with Crippen LogP contribution in [0.1, 0.15) is 25.3 Å². The van der Waals surface area contributed by atoms with Crippen molar-refractivity contribution < 1.29 is 0 Å². The van der Waals surface area contributed by atoms with Gasteiger partial charge in [-0.1, -0.05) is 6.92 Å². The Morgan fingerprint density at radius 2 is 2.42 bits per heavy atom. The van der Waals surface area contributed by atoms with E-state index < -0.39 is 0 Å². The lowest BCUT2D eigenvalue weighted by molar-refractivity contribution is 0.266. The maximum absolute atomic E-state index is 4.39. The van der Waals surface area contributed by atoms with Crippen molar-refractivity contribution in [2.45, 2.75) is 26.2 Å². The molecule has 1 aromatic heterocycles. The van der Waals surface area contributed by atoms with Gasteiger partial charge in [-0.25, -0.2) is 0 Å². The van der Waals surface area contributed by atoms with Crippen LogP contribution in [0.4, 0.5) is 0 Å². The van der Waals surface area contributed by atoms with Crippen LogP contribution in [0.5, 0.6) is 0 Å². The third-order valence-corrected chi connectivity index (χ3v) is 3.62. The molecule has 106 valence electrons. The summed E-state index contributed by atoms with van der Waals surface area (Å²) in [6.45, 7) is 5.46. The molecule has 0 aliphatic carbocycles. The van der Waals surface area contributed by atoms with Crippen molar-refractivity contribution in [3.63, 3.8) is 0 Å². The van der Waals surface area contributed by atoms with Crippen molar-refractivity contribution in [2.24, 2.45) is 18.0 Å². The summed E-state index contributed by atoms with van der Waals surface area (Å²) in [6, 6.07) is 0. The van der Waals surface area contributed by atoms with Gasteiger partial charge < -0.3 is 10.2 Å². The van der Waals surface area contributed by atoms with Gasteiger partial charge in [0.2, 0.25) is 0 Å². The zero-order valence-electron chi connectivity index (χ0n) is 12.3. The van der Waals surface area contributed by atoms with Crippen molar-refractivity contribution in [3.8, 4) is 0 Å². The molecule has 0 spiro atoms. The average molecular weight is 263 g/mol. The minimum atomic E-state index is 0.769. The number of nitrogens with zero attached hydrogens (tertiary/aromatic N) is 4. The van der Waals surface area contributed by atoms with Crippen LogP contribution in [0.25, 0.3) is 0 Å². The Hall–Kier alpha value is -1.52. The number of aryl methyl sites for hydroxylation is 1. The van der Waals surface area contributed by atoms with Crippen molar-refractivity contribution in [1.29, 1.82) is 0 Å². The molecule has 19 heavy (non-hydrogen) atoms. The summed E-state index contributed by atoms with van der Waals surface area (Å²) in [4.78, 5) is 6.77. The molecular formula is C14H25N5. The molecule has 2 heterocycles. The maximum atomic E-state index is 4.39. The van der Waals surface area contributed by atoms with Crippen LogP contribution in [-0.2, 0) is 13.5 Å². The first-order valence-corrected chi connectivity index (χ1v) is 7.12. The van der Waals surface area contributed by atoms with E-state index in [-0.39, 0.29) is 0 Å². The number of likely N-dealkylation sites (tertiary alicyclic amines) is 1. The largest absolute Gasteiger partial charge is 0.356 e. The Bertz CT molecular complexity index is 423. The molecule has 0 radical (unpaired) electrons. The van der Waals surface area contributed by atoms with E-state index in [0.29, 0.717) is 0 Å². The number of aliphatic imine (C=N–C) groups is 1. The highest BCUT2D eigenvalue weighted by Gasteiger charge is 2.18. The highest BCUT2D eigenvalue weighted by molar-refractivity contribution is 5.79. The second-order valence-electron chi connectivity index (χ2n) is 5.44. The third-order valence-electron chi connectivity index (χ3n) is 3.62. The van der Waals surface area contributed by atoms with Crippen LogP contribution in [0.2, 0.25) is 0 Å². The standard InChI is InChI=1S/C14H25N5/c1-12-5-4-8-19(10-12)14(15-2)16-7-6-13-9-17-18(3)11-13/h9,11-12H,4-8,10H2,1-3H3,(H,15,16). The van der Waals surface area contributed by atoms with Crippen LogP contribution in [-0.4, -0.2) is 47.3 Å². The van der Waals surface area contributed by atoms with Gasteiger partial charge in [0.25, 0.3) is 0 Å².